The zero-order valence-electron chi connectivity index (χ0n) is 23.7. The van der Waals surface area contributed by atoms with Crippen LogP contribution in [0.5, 0.6) is 5.75 Å². The Hall–Kier alpha value is -2.72. The molecule has 1 aromatic carbocycles. The summed E-state index contributed by atoms with van der Waals surface area (Å²) in [4.78, 5) is 16.7. The molecule has 38 heavy (non-hydrogen) atoms. The van der Waals surface area contributed by atoms with E-state index in [1.165, 1.54) is 12.8 Å². The Morgan fingerprint density at radius 1 is 1.18 bits per heavy atom. The van der Waals surface area contributed by atoms with Crippen molar-refractivity contribution in [2.75, 3.05) is 19.8 Å². The van der Waals surface area contributed by atoms with Gasteiger partial charge in [-0.3, -0.25) is 0 Å². The standard InChI is InChI=1S/C28H43FN4O4Si/c1-28(2,3)37-27(34)30-18-21(17-29)19-36-24-13-11-23(12-14-24)26-31-25(22-9-7-8-10-22)32-33(26)20-35-15-16-38(4,5)6/h11-14,17,22H,7-10,15-16,18-20H2,1-6H3,(H,30,34)/b21-17+. The molecule has 1 aliphatic carbocycles. The predicted octanol–water partition coefficient (Wildman–Crippen LogP) is 6.67. The average Bonchev–Trinajstić information content (AvgIpc) is 3.51. The van der Waals surface area contributed by atoms with Gasteiger partial charge in [-0.2, -0.15) is 5.10 Å². The third-order valence-electron chi connectivity index (χ3n) is 6.17. The first-order valence-electron chi connectivity index (χ1n) is 13.4. The number of alkyl carbamates (subject to hydrolysis) is 1. The number of aromatic nitrogens is 3. The first kappa shape index (κ1) is 29.8. The Morgan fingerprint density at radius 3 is 2.47 bits per heavy atom. The molecule has 0 aliphatic heterocycles. The normalized spacial score (nSPS) is 15.1. The number of carbonyl (C=O) groups excluding carboxylic acids is 1. The van der Waals surface area contributed by atoms with Crippen molar-refractivity contribution < 1.29 is 23.4 Å². The van der Waals surface area contributed by atoms with Gasteiger partial charge < -0.3 is 19.5 Å². The third-order valence-corrected chi connectivity index (χ3v) is 7.87. The fraction of sp³-hybridized carbons (Fsp3) is 0.607. The van der Waals surface area contributed by atoms with E-state index in [1.807, 2.05) is 28.9 Å². The van der Waals surface area contributed by atoms with Crippen LogP contribution in [0.1, 0.15) is 58.2 Å². The van der Waals surface area contributed by atoms with Crippen LogP contribution < -0.4 is 10.1 Å². The number of hydrogen-bond acceptors (Lipinski definition) is 6. The molecule has 1 saturated carbocycles. The van der Waals surface area contributed by atoms with E-state index in [0.29, 0.717) is 31.3 Å². The number of amides is 1. The third kappa shape index (κ3) is 9.87. The molecule has 2 aromatic rings. The van der Waals surface area contributed by atoms with E-state index in [2.05, 4.69) is 25.0 Å². The minimum Gasteiger partial charge on any atom is -0.489 e. The first-order chi connectivity index (χ1) is 17.9. The fourth-order valence-corrected chi connectivity index (χ4v) is 4.80. The molecule has 0 unspecified atom stereocenters. The van der Waals surface area contributed by atoms with Crippen LogP contribution in [0.3, 0.4) is 0 Å². The zero-order valence-corrected chi connectivity index (χ0v) is 24.7. The lowest BCUT2D eigenvalue weighted by atomic mass is 10.1. The topological polar surface area (TPSA) is 87.5 Å². The highest BCUT2D eigenvalue weighted by molar-refractivity contribution is 6.76. The number of benzene rings is 1. The molecule has 8 nitrogen and oxygen atoms in total. The highest BCUT2D eigenvalue weighted by Gasteiger charge is 2.24. The van der Waals surface area contributed by atoms with Crippen molar-refractivity contribution in [2.24, 2.45) is 0 Å². The van der Waals surface area contributed by atoms with Gasteiger partial charge in [0.05, 0.1) is 6.33 Å². The molecule has 1 heterocycles. The summed E-state index contributed by atoms with van der Waals surface area (Å²) >= 11 is 0. The van der Waals surface area contributed by atoms with E-state index in [9.17, 15) is 9.18 Å². The molecule has 1 fully saturated rings. The van der Waals surface area contributed by atoms with Gasteiger partial charge in [0.2, 0.25) is 0 Å². The lowest BCUT2D eigenvalue weighted by molar-refractivity contribution is 0.0531. The zero-order chi connectivity index (χ0) is 27.8. The van der Waals surface area contributed by atoms with Gasteiger partial charge in [-0.05, 0) is 63.9 Å². The maximum Gasteiger partial charge on any atom is 0.407 e. The average molecular weight is 547 g/mol. The minimum absolute atomic E-state index is 0.00140. The summed E-state index contributed by atoms with van der Waals surface area (Å²) in [7, 11) is -1.17. The Bertz CT molecular complexity index is 1070. The molecule has 210 valence electrons. The summed E-state index contributed by atoms with van der Waals surface area (Å²) in [6, 6.07) is 8.60. The van der Waals surface area contributed by atoms with Gasteiger partial charge in [-0.1, -0.05) is 32.5 Å². The van der Waals surface area contributed by atoms with E-state index >= 15 is 0 Å². The SMILES string of the molecule is CC(C)(C)OC(=O)NC/C(=C\F)COc1ccc(-c2nc(C3CCCC3)nn2COCC[Si](C)(C)C)cc1. The Morgan fingerprint density at radius 2 is 1.87 bits per heavy atom. The quantitative estimate of drug-likeness (QED) is 0.236. The molecule has 0 radical (unpaired) electrons. The number of rotatable bonds is 12. The molecule has 1 aromatic heterocycles. The van der Waals surface area contributed by atoms with Crippen LogP contribution in [0.4, 0.5) is 9.18 Å². The molecular weight excluding hydrogens is 503 g/mol. The molecule has 0 atom stereocenters. The molecule has 3 rings (SSSR count). The maximum atomic E-state index is 13.3. The van der Waals surface area contributed by atoms with Gasteiger partial charge in [0.1, 0.15) is 24.7 Å². The van der Waals surface area contributed by atoms with Crippen molar-refractivity contribution in [2.45, 2.75) is 90.4 Å². The summed E-state index contributed by atoms with van der Waals surface area (Å²) in [6.07, 6.45) is 4.53. The molecule has 0 bridgehead atoms. The summed E-state index contributed by atoms with van der Waals surface area (Å²) in [5.41, 5.74) is 0.580. The number of nitrogens with one attached hydrogen (secondary N) is 1. The number of halogens is 1. The molecule has 0 saturated heterocycles. The molecule has 1 amide bonds. The Kier molecular flexibility index (Phi) is 10.5. The van der Waals surface area contributed by atoms with Crippen LogP contribution in [0.2, 0.25) is 25.7 Å². The van der Waals surface area contributed by atoms with Gasteiger partial charge in [0, 0.05) is 38.3 Å². The van der Waals surface area contributed by atoms with Gasteiger partial charge in [-0.25, -0.2) is 18.9 Å². The van der Waals surface area contributed by atoms with Crippen molar-refractivity contribution in [1.29, 1.82) is 0 Å². The summed E-state index contributed by atoms with van der Waals surface area (Å²) in [6.45, 7) is 13.4. The largest absolute Gasteiger partial charge is 0.489 e. The number of ether oxygens (including phenoxy) is 3. The first-order valence-corrected chi connectivity index (χ1v) is 17.1. The van der Waals surface area contributed by atoms with Gasteiger partial charge in [-0.15, -0.1) is 0 Å². The van der Waals surface area contributed by atoms with Crippen molar-refractivity contribution in [1.82, 2.24) is 20.1 Å². The highest BCUT2D eigenvalue weighted by atomic mass is 28.3. The fourth-order valence-electron chi connectivity index (χ4n) is 4.05. The van der Waals surface area contributed by atoms with Gasteiger partial charge >= 0.3 is 6.09 Å². The second-order valence-electron chi connectivity index (χ2n) is 12.1. The summed E-state index contributed by atoms with van der Waals surface area (Å²) in [5.74, 6) is 2.65. The maximum absolute atomic E-state index is 13.3. The van der Waals surface area contributed by atoms with E-state index in [1.54, 1.807) is 20.8 Å². The number of carbonyl (C=O) groups is 1. The van der Waals surface area contributed by atoms with Crippen molar-refractivity contribution in [3.05, 3.63) is 42.0 Å². The van der Waals surface area contributed by atoms with Gasteiger partial charge in [0.15, 0.2) is 11.6 Å². The monoisotopic (exact) mass is 546 g/mol. The number of nitrogens with zero attached hydrogens (tertiary/aromatic N) is 3. The van der Waals surface area contributed by atoms with Crippen LogP contribution >= 0.6 is 0 Å². The minimum atomic E-state index is -1.17. The number of hydrogen-bond donors (Lipinski definition) is 1. The Labute approximate surface area is 227 Å². The predicted molar refractivity (Wildman–Crippen MR) is 150 cm³/mol. The summed E-state index contributed by atoms with van der Waals surface area (Å²) < 4.78 is 32.1. The van der Waals surface area contributed by atoms with Crippen LogP contribution in [-0.2, 0) is 16.2 Å². The Balaban J connectivity index is 1.62. The summed E-state index contributed by atoms with van der Waals surface area (Å²) in [5, 5.41) is 7.36. The van der Waals surface area contributed by atoms with Crippen molar-refractivity contribution in [3.63, 3.8) is 0 Å². The van der Waals surface area contributed by atoms with E-state index < -0.39 is 19.8 Å². The van der Waals surface area contributed by atoms with E-state index in [4.69, 9.17) is 24.3 Å². The van der Waals surface area contributed by atoms with Crippen molar-refractivity contribution in [3.8, 4) is 17.1 Å². The van der Waals surface area contributed by atoms with Crippen LogP contribution in [0.25, 0.3) is 11.4 Å². The van der Waals surface area contributed by atoms with E-state index in [-0.39, 0.29) is 18.7 Å². The van der Waals surface area contributed by atoms with E-state index in [0.717, 1.165) is 36.1 Å². The highest BCUT2D eigenvalue weighted by Crippen LogP contribution is 2.33. The molecule has 10 heteroatoms. The van der Waals surface area contributed by atoms with Crippen LogP contribution in [-0.4, -0.2) is 54.3 Å². The smallest absolute Gasteiger partial charge is 0.407 e. The molecule has 1 N–H and O–H groups in total. The lowest BCUT2D eigenvalue weighted by Gasteiger charge is -2.20. The molecule has 0 spiro atoms. The van der Waals surface area contributed by atoms with Crippen molar-refractivity contribution >= 4 is 14.2 Å². The molecule has 1 aliphatic rings. The van der Waals surface area contributed by atoms with Gasteiger partial charge in [0.25, 0.3) is 0 Å². The van der Waals surface area contributed by atoms with Crippen LogP contribution in [0, 0.1) is 0 Å². The second-order valence-corrected chi connectivity index (χ2v) is 17.7. The second kappa shape index (κ2) is 13.4. The lowest BCUT2D eigenvalue weighted by Crippen LogP contribution is -2.34. The van der Waals surface area contributed by atoms with Crippen LogP contribution in [0.15, 0.2) is 36.2 Å². The molecular formula is C28H43FN4O4Si.